The maximum atomic E-state index is 12.9. The number of benzene rings is 1. The summed E-state index contributed by atoms with van der Waals surface area (Å²) in [6, 6.07) is 3.33. The first-order valence-corrected chi connectivity index (χ1v) is 9.41. The molecule has 1 N–H and O–H groups in total. The first kappa shape index (κ1) is 18.6. The number of aryl methyl sites for hydroxylation is 1. The molecule has 1 aromatic carbocycles. The number of halogens is 1. The molecule has 1 aromatic rings. The van der Waals surface area contributed by atoms with E-state index >= 15 is 0 Å². The molecule has 120 valence electrons. The highest BCUT2D eigenvalue weighted by Gasteiger charge is 2.27. The van der Waals surface area contributed by atoms with Crippen LogP contribution in [0.4, 0.5) is 0 Å². The Morgan fingerprint density at radius 3 is 2.43 bits per heavy atom. The highest BCUT2D eigenvalue weighted by Crippen LogP contribution is 2.30. The molecule has 0 aliphatic rings. The molecule has 0 aromatic heterocycles. The summed E-state index contributed by atoms with van der Waals surface area (Å²) in [5.74, 6) is 0.306. The number of sulfonamides is 1. The lowest BCUT2D eigenvalue weighted by atomic mass is 10.1. The van der Waals surface area contributed by atoms with Gasteiger partial charge in [-0.15, -0.1) is 0 Å². The standard InChI is InChI=1S/C15H24BrNO3S/c1-5-11(3)9-17(6-2)21(19,20)14-8-13(10-18)7-12(4)15(14)16/h7-8,11,18H,5-6,9-10H2,1-4H3. The van der Waals surface area contributed by atoms with Crippen LogP contribution in [0, 0.1) is 12.8 Å². The van der Waals surface area contributed by atoms with E-state index in [1.54, 1.807) is 12.1 Å². The zero-order valence-corrected chi connectivity index (χ0v) is 15.5. The van der Waals surface area contributed by atoms with Gasteiger partial charge < -0.3 is 5.11 Å². The molecule has 1 unspecified atom stereocenters. The van der Waals surface area contributed by atoms with Gasteiger partial charge >= 0.3 is 0 Å². The number of aliphatic hydroxyl groups excluding tert-OH is 1. The summed E-state index contributed by atoms with van der Waals surface area (Å²) >= 11 is 3.37. The Kier molecular flexibility index (Phi) is 6.84. The van der Waals surface area contributed by atoms with Crippen LogP contribution in [0.15, 0.2) is 21.5 Å². The summed E-state index contributed by atoms with van der Waals surface area (Å²) in [6.45, 7) is 8.53. The Morgan fingerprint density at radius 2 is 1.95 bits per heavy atom. The number of aliphatic hydroxyl groups is 1. The molecule has 0 aliphatic carbocycles. The van der Waals surface area contributed by atoms with Crippen molar-refractivity contribution in [2.24, 2.45) is 5.92 Å². The molecule has 0 bridgehead atoms. The molecule has 0 spiro atoms. The SMILES string of the molecule is CCC(C)CN(CC)S(=O)(=O)c1cc(CO)cc(C)c1Br. The summed E-state index contributed by atoms with van der Waals surface area (Å²) in [6.07, 6.45) is 0.933. The van der Waals surface area contributed by atoms with Crippen LogP contribution in [-0.2, 0) is 16.6 Å². The van der Waals surface area contributed by atoms with Gasteiger partial charge in [0.2, 0.25) is 10.0 Å². The van der Waals surface area contributed by atoms with Crippen LogP contribution in [0.25, 0.3) is 0 Å². The van der Waals surface area contributed by atoms with E-state index in [1.165, 1.54) is 4.31 Å². The number of nitrogens with zero attached hydrogens (tertiary/aromatic N) is 1. The topological polar surface area (TPSA) is 57.6 Å². The third kappa shape index (κ3) is 4.28. The van der Waals surface area contributed by atoms with E-state index in [2.05, 4.69) is 22.9 Å². The van der Waals surface area contributed by atoms with E-state index in [9.17, 15) is 13.5 Å². The lowest BCUT2D eigenvalue weighted by Crippen LogP contribution is -2.34. The monoisotopic (exact) mass is 377 g/mol. The molecule has 0 amide bonds. The summed E-state index contributed by atoms with van der Waals surface area (Å²) in [5, 5.41) is 9.30. The van der Waals surface area contributed by atoms with Gasteiger partial charge in [-0.1, -0.05) is 33.3 Å². The van der Waals surface area contributed by atoms with Crippen LogP contribution in [0.5, 0.6) is 0 Å². The van der Waals surface area contributed by atoms with Gasteiger partial charge in [0.05, 0.1) is 11.5 Å². The first-order valence-electron chi connectivity index (χ1n) is 7.17. The molecule has 0 radical (unpaired) electrons. The second-order valence-corrected chi connectivity index (χ2v) is 8.05. The van der Waals surface area contributed by atoms with E-state index in [4.69, 9.17) is 0 Å². The zero-order valence-electron chi connectivity index (χ0n) is 13.1. The number of hydrogen-bond acceptors (Lipinski definition) is 3. The van der Waals surface area contributed by atoms with Crippen molar-refractivity contribution in [2.75, 3.05) is 13.1 Å². The Hall–Kier alpha value is -0.430. The number of hydrogen-bond donors (Lipinski definition) is 1. The molecule has 1 atom stereocenters. The lowest BCUT2D eigenvalue weighted by molar-refractivity contribution is 0.281. The fourth-order valence-electron chi connectivity index (χ4n) is 2.10. The average molecular weight is 378 g/mol. The second kappa shape index (κ2) is 7.72. The predicted molar refractivity (Wildman–Crippen MR) is 88.7 cm³/mol. The van der Waals surface area contributed by atoms with E-state index < -0.39 is 10.0 Å². The van der Waals surface area contributed by atoms with Crippen LogP contribution < -0.4 is 0 Å². The Morgan fingerprint density at radius 1 is 1.33 bits per heavy atom. The fraction of sp³-hybridized carbons (Fsp3) is 0.600. The van der Waals surface area contributed by atoms with Gasteiger partial charge in [-0.25, -0.2) is 8.42 Å². The largest absolute Gasteiger partial charge is 0.392 e. The normalized spacial score (nSPS) is 13.7. The third-order valence-corrected chi connectivity index (χ3v) is 6.93. The van der Waals surface area contributed by atoms with Crippen molar-refractivity contribution in [1.29, 1.82) is 0 Å². The van der Waals surface area contributed by atoms with Crippen molar-refractivity contribution < 1.29 is 13.5 Å². The smallest absolute Gasteiger partial charge is 0.244 e. The Balaban J connectivity index is 3.31. The van der Waals surface area contributed by atoms with Crippen molar-refractivity contribution in [3.63, 3.8) is 0 Å². The van der Waals surface area contributed by atoms with Crippen LogP contribution in [0.2, 0.25) is 0 Å². The summed E-state index contributed by atoms with van der Waals surface area (Å²) in [7, 11) is -3.57. The second-order valence-electron chi connectivity index (χ2n) is 5.35. The first-order chi connectivity index (χ1) is 9.77. The lowest BCUT2D eigenvalue weighted by Gasteiger charge is -2.24. The Bertz CT molecular complexity index is 587. The molecule has 0 saturated heterocycles. The summed E-state index contributed by atoms with van der Waals surface area (Å²) in [5.41, 5.74) is 1.41. The molecular weight excluding hydrogens is 354 g/mol. The maximum absolute atomic E-state index is 12.9. The zero-order chi connectivity index (χ0) is 16.2. The minimum absolute atomic E-state index is 0.172. The van der Waals surface area contributed by atoms with Crippen molar-refractivity contribution in [1.82, 2.24) is 4.31 Å². The molecule has 0 saturated carbocycles. The number of rotatable bonds is 7. The van der Waals surface area contributed by atoms with Crippen molar-refractivity contribution in [3.8, 4) is 0 Å². The minimum atomic E-state index is -3.57. The molecule has 0 aliphatic heterocycles. The van der Waals surface area contributed by atoms with Gasteiger partial charge in [-0.3, -0.25) is 0 Å². The molecule has 0 fully saturated rings. The van der Waals surface area contributed by atoms with Gasteiger partial charge in [-0.05, 0) is 46.0 Å². The van der Waals surface area contributed by atoms with E-state index in [0.717, 1.165) is 12.0 Å². The van der Waals surface area contributed by atoms with E-state index in [0.29, 0.717) is 29.0 Å². The molecule has 6 heteroatoms. The molecule has 1 rings (SSSR count). The van der Waals surface area contributed by atoms with Crippen LogP contribution >= 0.6 is 15.9 Å². The predicted octanol–water partition coefficient (Wildman–Crippen LogP) is 3.31. The third-order valence-electron chi connectivity index (χ3n) is 3.65. The minimum Gasteiger partial charge on any atom is -0.392 e. The van der Waals surface area contributed by atoms with Crippen molar-refractivity contribution in [2.45, 2.75) is 45.6 Å². The maximum Gasteiger partial charge on any atom is 0.244 e. The summed E-state index contributed by atoms with van der Waals surface area (Å²) < 4.78 is 27.8. The Labute approximate surface area is 136 Å². The highest BCUT2D eigenvalue weighted by molar-refractivity contribution is 9.10. The summed E-state index contributed by atoms with van der Waals surface area (Å²) in [4.78, 5) is 0.233. The van der Waals surface area contributed by atoms with Gasteiger partial charge in [0, 0.05) is 17.6 Å². The highest BCUT2D eigenvalue weighted by atomic mass is 79.9. The quantitative estimate of drug-likeness (QED) is 0.792. The molecule has 4 nitrogen and oxygen atoms in total. The van der Waals surface area contributed by atoms with E-state index in [-0.39, 0.29) is 11.5 Å². The van der Waals surface area contributed by atoms with Crippen molar-refractivity contribution >= 4 is 26.0 Å². The van der Waals surface area contributed by atoms with Crippen molar-refractivity contribution in [3.05, 3.63) is 27.7 Å². The van der Waals surface area contributed by atoms with Crippen LogP contribution in [0.3, 0.4) is 0 Å². The van der Waals surface area contributed by atoms with Crippen LogP contribution in [0.1, 0.15) is 38.3 Å². The fourth-order valence-corrected chi connectivity index (χ4v) is 4.70. The average Bonchev–Trinajstić information content (AvgIpc) is 2.46. The van der Waals surface area contributed by atoms with Gasteiger partial charge in [0.15, 0.2) is 0 Å². The van der Waals surface area contributed by atoms with E-state index in [1.807, 2.05) is 20.8 Å². The van der Waals surface area contributed by atoms with Gasteiger partial charge in [-0.2, -0.15) is 4.31 Å². The molecule has 21 heavy (non-hydrogen) atoms. The molecule has 0 heterocycles. The van der Waals surface area contributed by atoms with Crippen LogP contribution in [-0.4, -0.2) is 30.9 Å². The van der Waals surface area contributed by atoms with Gasteiger partial charge in [0.1, 0.15) is 0 Å². The molecular formula is C15H24BrNO3S. The van der Waals surface area contributed by atoms with Gasteiger partial charge in [0.25, 0.3) is 0 Å².